The summed E-state index contributed by atoms with van der Waals surface area (Å²) < 4.78 is 5.27. The summed E-state index contributed by atoms with van der Waals surface area (Å²) in [7, 11) is 5.44. The third-order valence-electron chi connectivity index (χ3n) is 6.73. The Kier molecular flexibility index (Phi) is 11.3. The molecule has 0 aliphatic carbocycles. The Morgan fingerprint density at radius 2 is 2.12 bits per heavy atom. The van der Waals surface area contributed by atoms with Gasteiger partial charge in [0.2, 0.25) is 23.6 Å². The zero-order valence-electron chi connectivity index (χ0n) is 25.2. The van der Waals surface area contributed by atoms with Crippen LogP contribution in [0.15, 0.2) is 30.6 Å². The maximum absolute atomic E-state index is 12.8. The quantitative estimate of drug-likeness (QED) is 0.133. The molecule has 13 heteroatoms. The Bertz CT molecular complexity index is 1490. The van der Waals surface area contributed by atoms with Gasteiger partial charge in [-0.1, -0.05) is 24.8 Å². The molecular weight excluding hydrogens is 548 g/mol. The molecule has 0 radical (unpaired) electrons. The number of likely N-dealkylation sites (tertiary alicyclic amines) is 1. The summed E-state index contributed by atoms with van der Waals surface area (Å²) in [4.78, 5) is 42.4. The summed E-state index contributed by atoms with van der Waals surface area (Å²) >= 11 is 0. The van der Waals surface area contributed by atoms with E-state index < -0.39 is 6.04 Å². The molecule has 13 nitrogen and oxygen atoms in total. The molecule has 4 N–H and O–H groups in total. The predicted octanol–water partition coefficient (Wildman–Crippen LogP) is 2.68. The van der Waals surface area contributed by atoms with Gasteiger partial charge in [-0.15, -0.1) is 5.10 Å². The van der Waals surface area contributed by atoms with Crippen LogP contribution in [0.3, 0.4) is 0 Å². The molecule has 1 saturated heterocycles. The number of nitrogens with one attached hydrogen (secondary N) is 4. The lowest BCUT2D eigenvalue weighted by molar-refractivity contribution is -0.135. The first-order valence-electron chi connectivity index (χ1n) is 14.5. The minimum Gasteiger partial charge on any atom is -0.479 e. The number of nitrogens with zero attached hydrogens (tertiary/aromatic N) is 6. The second-order valence-corrected chi connectivity index (χ2v) is 10.4. The normalized spacial score (nSPS) is 14.6. The molecule has 0 bridgehead atoms. The highest BCUT2D eigenvalue weighted by Crippen LogP contribution is 2.25. The predicted molar refractivity (Wildman–Crippen MR) is 166 cm³/mol. The summed E-state index contributed by atoms with van der Waals surface area (Å²) in [6.07, 6.45) is 10.4. The van der Waals surface area contributed by atoms with Crippen molar-refractivity contribution in [1.29, 1.82) is 0 Å². The van der Waals surface area contributed by atoms with Gasteiger partial charge in [0.05, 0.1) is 36.1 Å². The van der Waals surface area contributed by atoms with Crippen molar-refractivity contribution in [3.63, 3.8) is 0 Å². The second-order valence-electron chi connectivity index (χ2n) is 10.4. The molecule has 3 aromatic rings. The molecule has 43 heavy (non-hydrogen) atoms. The number of pyridine rings is 1. The van der Waals surface area contributed by atoms with Gasteiger partial charge in [-0.2, -0.15) is 4.98 Å². The van der Waals surface area contributed by atoms with Crippen LogP contribution in [0.5, 0.6) is 5.88 Å². The Labute approximate surface area is 251 Å². The maximum Gasteiger partial charge on any atom is 0.246 e. The van der Waals surface area contributed by atoms with Crippen LogP contribution >= 0.6 is 0 Å². The molecule has 228 valence electrons. The number of anilines is 3. The zero-order valence-corrected chi connectivity index (χ0v) is 25.2. The third-order valence-corrected chi connectivity index (χ3v) is 6.73. The number of carbonyl (C=O) groups excluding carboxylic acids is 2. The molecule has 1 atom stereocenters. The molecule has 1 aliphatic heterocycles. The maximum atomic E-state index is 12.8. The Morgan fingerprint density at radius 1 is 1.26 bits per heavy atom. The first kappa shape index (κ1) is 31.2. The van der Waals surface area contributed by atoms with E-state index in [1.165, 1.54) is 0 Å². The number of aromatic amines is 1. The van der Waals surface area contributed by atoms with Crippen LogP contribution in [-0.2, 0) is 9.59 Å². The van der Waals surface area contributed by atoms with E-state index >= 15 is 0 Å². The van der Waals surface area contributed by atoms with Crippen molar-refractivity contribution in [1.82, 2.24) is 40.3 Å². The molecule has 0 saturated carbocycles. The van der Waals surface area contributed by atoms with Gasteiger partial charge in [0.1, 0.15) is 11.9 Å². The van der Waals surface area contributed by atoms with E-state index in [9.17, 15) is 9.59 Å². The van der Waals surface area contributed by atoms with E-state index in [1.54, 1.807) is 30.5 Å². The zero-order chi connectivity index (χ0) is 30.6. The van der Waals surface area contributed by atoms with Gasteiger partial charge < -0.3 is 30.5 Å². The standard InChI is InChI=1S/C30H40N10O3/c1-5-14-31-26-21(19-34-30(36-26)35-22-18-23-27(33-20-22)37-38-29(23)43-4)11-7-6-8-15-32-28(42)24-12-9-17-40(24)25(41)13-10-16-39(2)3/h10,13,18-20,24H,5-6,8-9,12,14-17H2,1-4H3,(H,32,42)(H,33,37,38)(H2,31,34,35,36). The molecule has 1 unspecified atom stereocenters. The number of amides is 2. The SMILES string of the molecule is CCCNc1nc(Nc2cnc3[nH]nc(OC)c3c2)ncc1C#CCCCNC(=O)C1CCCN1C(=O)C=CCN(C)C. The summed E-state index contributed by atoms with van der Waals surface area (Å²) in [5.41, 5.74) is 2.01. The van der Waals surface area contributed by atoms with Crippen molar-refractivity contribution in [3.05, 3.63) is 36.2 Å². The number of unbranched alkanes of at least 4 members (excludes halogenated alkanes) is 1. The summed E-state index contributed by atoms with van der Waals surface area (Å²) in [5, 5.41) is 17.1. The van der Waals surface area contributed by atoms with E-state index in [0.717, 1.165) is 24.8 Å². The second kappa shape index (κ2) is 15.5. The van der Waals surface area contributed by atoms with Crippen LogP contribution < -0.4 is 20.7 Å². The van der Waals surface area contributed by atoms with Gasteiger partial charge in [-0.25, -0.2) is 9.97 Å². The summed E-state index contributed by atoms with van der Waals surface area (Å²) in [6, 6.07) is 1.45. The lowest BCUT2D eigenvalue weighted by Crippen LogP contribution is -2.45. The summed E-state index contributed by atoms with van der Waals surface area (Å²) in [6.45, 7) is 4.59. The van der Waals surface area contributed by atoms with Gasteiger partial charge in [-0.3, -0.25) is 14.7 Å². The number of carbonyl (C=O) groups is 2. The third kappa shape index (κ3) is 8.65. The van der Waals surface area contributed by atoms with Crippen molar-refractivity contribution in [2.45, 2.75) is 45.1 Å². The number of aromatic nitrogens is 5. The van der Waals surface area contributed by atoms with E-state index in [2.05, 4.69) is 59.9 Å². The molecule has 3 aromatic heterocycles. The van der Waals surface area contributed by atoms with Crippen LogP contribution in [0.25, 0.3) is 11.0 Å². The first-order chi connectivity index (χ1) is 20.9. The fraction of sp³-hybridized carbons (Fsp3) is 0.467. The van der Waals surface area contributed by atoms with Gasteiger partial charge >= 0.3 is 0 Å². The minimum atomic E-state index is -0.418. The number of rotatable bonds is 13. The molecule has 0 aromatic carbocycles. The van der Waals surface area contributed by atoms with E-state index in [0.29, 0.717) is 73.4 Å². The van der Waals surface area contributed by atoms with Gasteiger partial charge in [0.15, 0.2) is 5.65 Å². The number of methoxy groups -OCH3 is 1. The number of ether oxygens (including phenoxy) is 1. The van der Waals surface area contributed by atoms with Crippen LogP contribution in [0.4, 0.5) is 17.5 Å². The lowest BCUT2D eigenvalue weighted by atomic mass is 10.2. The van der Waals surface area contributed by atoms with Gasteiger partial charge in [-0.05, 0) is 45.8 Å². The fourth-order valence-corrected chi connectivity index (χ4v) is 4.57. The number of H-pyrrole nitrogens is 1. The highest BCUT2D eigenvalue weighted by atomic mass is 16.5. The monoisotopic (exact) mass is 588 g/mol. The largest absolute Gasteiger partial charge is 0.479 e. The lowest BCUT2D eigenvalue weighted by Gasteiger charge is -2.22. The van der Waals surface area contributed by atoms with Crippen molar-refractivity contribution in [3.8, 4) is 17.7 Å². The van der Waals surface area contributed by atoms with E-state index in [1.807, 2.05) is 31.1 Å². The van der Waals surface area contributed by atoms with Crippen LogP contribution in [0, 0.1) is 11.8 Å². The van der Waals surface area contributed by atoms with Gasteiger partial charge in [0, 0.05) is 38.7 Å². The molecule has 1 fully saturated rings. The highest BCUT2D eigenvalue weighted by Gasteiger charge is 2.32. The number of hydrogen-bond acceptors (Lipinski definition) is 10. The van der Waals surface area contributed by atoms with Crippen molar-refractivity contribution >= 4 is 40.3 Å². The number of fused-ring (bicyclic) bond motifs is 1. The molecule has 4 rings (SSSR count). The topological polar surface area (TPSA) is 153 Å². The Hall–Kier alpha value is -4.70. The van der Waals surface area contributed by atoms with Crippen LogP contribution in [-0.4, -0.2) is 100 Å². The molecule has 0 spiro atoms. The average molecular weight is 589 g/mol. The first-order valence-corrected chi connectivity index (χ1v) is 14.5. The molecule has 1 aliphatic rings. The summed E-state index contributed by atoms with van der Waals surface area (Å²) in [5.74, 6) is 7.61. The van der Waals surface area contributed by atoms with Gasteiger partial charge in [0.25, 0.3) is 0 Å². The minimum absolute atomic E-state index is 0.108. The van der Waals surface area contributed by atoms with Crippen LogP contribution in [0.1, 0.15) is 44.6 Å². The van der Waals surface area contributed by atoms with Crippen molar-refractivity contribution in [2.24, 2.45) is 0 Å². The average Bonchev–Trinajstić information content (AvgIpc) is 3.65. The molecule has 4 heterocycles. The van der Waals surface area contributed by atoms with E-state index in [-0.39, 0.29) is 11.8 Å². The fourth-order valence-electron chi connectivity index (χ4n) is 4.57. The smallest absolute Gasteiger partial charge is 0.246 e. The molecule has 2 amide bonds. The van der Waals surface area contributed by atoms with Crippen LogP contribution in [0.2, 0.25) is 0 Å². The molecular formula is C30H40N10O3. The Morgan fingerprint density at radius 3 is 2.91 bits per heavy atom. The number of likely N-dealkylation sites (N-methyl/N-ethyl adjacent to an activating group) is 1. The van der Waals surface area contributed by atoms with E-state index in [4.69, 9.17) is 4.74 Å². The van der Waals surface area contributed by atoms with Crippen molar-refractivity contribution < 1.29 is 14.3 Å². The Balaban J connectivity index is 1.30. The number of hydrogen-bond donors (Lipinski definition) is 4. The highest BCUT2D eigenvalue weighted by molar-refractivity contribution is 5.93. The van der Waals surface area contributed by atoms with Crippen molar-refractivity contribution in [2.75, 3.05) is 58.0 Å².